The molecule has 0 unspecified atom stereocenters. The van der Waals surface area contributed by atoms with E-state index in [4.69, 9.17) is 5.11 Å². The van der Waals surface area contributed by atoms with Crippen molar-refractivity contribution in [3.8, 4) is 0 Å². The van der Waals surface area contributed by atoms with Crippen LogP contribution in [0.5, 0.6) is 0 Å². The van der Waals surface area contributed by atoms with Gasteiger partial charge in [-0.2, -0.15) is 0 Å². The average molecular weight is 220 g/mol. The van der Waals surface area contributed by atoms with Gasteiger partial charge in [-0.3, -0.25) is 0 Å². The summed E-state index contributed by atoms with van der Waals surface area (Å²) in [7, 11) is 0. The summed E-state index contributed by atoms with van der Waals surface area (Å²) in [6.45, 7) is 1.78. The Bertz CT molecular complexity index is 406. The van der Waals surface area contributed by atoms with E-state index in [0.717, 1.165) is 0 Å². The molecule has 1 aromatic rings. The molecule has 4 heteroatoms. The second-order valence-corrected chi connectivity index (χ2v) is 2.99. The third-order valence-electron chi connectivity index (χ3n) is 1.84. The molecule has 0 aliphatic carbocycles. The van der Waals surface area contributed by atoms with E-state index in [0.29, 0.717) is 5.56 Å². The lowest BCUT2D eigenvalue weighted by Crippen LogP contribution is -2.15. The number of carboxylic acids is 1. The Hall–Kier alpha value is -2.10. The smallest absolute Gasteiger partial charge is 0.345 e. The van der Waals surface area contributed by atoms with Crippen LogP contribution in [0, 0.1) is 0 Å². The van der Waals surface area contributed by atoms with Crippen molar-refractivity contribution in [1.29, 1.82) is 0 Å². The van der Waals surface area contributed by atoms with Crippen molar-refractivity contribution < 1.29 is 19.4 Å². The third kappa shape index (κ3) is 3.24. The van der Waals surface area contributed by atoms with Crippen LogP contribution >= 0.6 is 0 Å². The van der Waals surface area contributed by atoms with Crippen LogP contribution in [0.1, 0.15) is 12.5 Å². The fourth-order valence-electron chi connectivity index (χ4n) is 1.13. The van der Waals surface area contributed by atoms with Gasteiger partial charge in [-0.25, -0.2) is 9.59 Å². The number of carbonyl (C=O) groups is 2. The summed E-state index contributed by atoms with van der Waals surface area (Å²) in [5, 5.41) is 8.86. The number of hydrogen-bond acceptors (Lipinski definition) is 3. The SMILES string of the molecule is CCOC(=O)/C(=C/c1ccccc1)C(=O)O. The first-order valence-corrected chi connectivity index (χ1v) is 4.82. The highest BCUT2D eigenvalue weighted by molar-refractivity contribution is 6.16. The molecule has 1 aromatic carbocycles. The largest absolute Gasteiger partial charge is 0.477 e. The first kappa shape index (κ1) is 12.0. The lowest BCUT2D eigenvalue weighted by Gasteiger charge is -2.02. The minimum absolute atomic E-state index is 0.151. The van der Waals surface area contributed by atoms with Crippen molar-refractivity contribution in [2.75, 3.05) is 6.61 Å². The molecule has 0 spiro atoms. The maximum atomic E-state index is 11.3. The highest BCUT2D eigenvalue weighted by Crippen LogP contribution is 2.08. The molecule has 1 rings (SSSR count). The van der Waals surface area contributed by atoms with Crippen molar-refractivity contribution in [3.63, 3.8) is 0 Å². The van der Waals surface area contributed by atoms with Crippen LogP contribution in [0.15, 0.2) is 35.9 Å². The highest BCUT2D eigenvalue weighted by atomic mass is 16.5. The van der Waals surface area contributed by atoms with Gasteiger partial charge in [0, 0.05) is 0 Å². The summed E-state index contributed by atoms with van der Waals surface area (Å²) in [4.78, 5) is 22.2. The van der Waals surface area contributed by atoms with Crippen molar-refractivity contribution in [1.82, 2.24) is 0 Å². The van der Waals surface area contributed by atoms with Gasteiger partial charge in [0.2, 0.25) is 0 Å². The summed E-state index contributed by atoms with van der Waals surface area (Å²) >= 11 is 0. The van der Waals surface area contributed by atoms with Crippen LogP contribution in [0.25, 0.3) is 6.08 Å². The van der Waals surface area contributed by atoms with Gasteiger partial charge in [0.1, 0.15) is 5.57 Å². The number of carboxylic acid groups (broad SMARTS) is 1. The molecular formula is C12H12O4. The van der Waals surface area contributed by atoms with Gasteiger partial charge in [0.15, 0.2) is 0 Å². The predicted molar refractivity (Wildman–Crippen MR) is 58.7 cm³/mol. The molecule has 0 fully saturated rings. The summed E-state index contributed by atoms with van der Waals surface area (Å²) < 4.78 is 4.65. The van der Waals surface area contributed by atoms with E-state index in [1.807, 2.05) is 6.07 Å². The molecule has 0 aliphatic rings. The topological polar surface area (TPSA) is 63.6 Å². The molecule has 0 radical (unpaired) electrons. The molecule has 0 aromatic heterocycles. The van der Waals surface area contributed by atoms with Crippen LogP contribution in [0.3, 0.4) is 0 Å². The molecule has 0 saturated heterocycles. The average Bonchev–Trinajstić information content (AvgIpc) is 2.27. The lowest BCUT2D eigenvalue weighted by atomic mass is 10.1. The monoisotopic (exact) mass is 220 g/mol. The first-order valence-electron chi connectivity index (χ1n) is 4.82. The summed E-state index contributed by atoms with van der Waals surface area (Å²) in [6, 6.07) is 8.75. The second kappa shape index (κ2) is 5.70. The first-order chi connectivity index (χ1) is 7.65. The van der Waals surface area contributed by atoms with Gasteiger partial charge in [-0.1, -0.05) is 30.3 Å². The van der Waals surface area contributed by atoms with E-state index in [9.17, 15) is 9.59 Å². The molecule has 0 aliphatic heterocycles. The predicted octanol–water partition coefficient (Wildman–Crippen LogP) is 1.72. The van der Waals surface area contributed by atoms with Gasteiger partial charge < -0.3 is 9.84 Å². The molecule has 4 nitrogen and oxygen atoms in total. The molecular weight excluding hydrogens is 208 g/mol. The number of carbonyl (C=O) groups excluding carboxylic acids is 1. The maximum absolute atomic E-state index is 11.3. The van der Waals surface area contributed by atoms with Gasteiger partial charge in [0.25, 0.3) is 0 Å². The molecule has 84 valence electrons. The number of aliphatic carboxylic acids is 1. The Labute approximate surface area is 93.2 Å². The molecule has 0 bridgehead atoms. The fourth-order valence-corrected chi connectivity index (χ4v) is 1.13. The number of esters is 1. The minimum atomic E-state index is -1.29. The van der Waals surface area contributed by atoms with Gasteiger partial charge in [-0.05, 0) is 18.6 Å². The summed E-state index contributed by atoms with van der Waals surface area (Å²) in [6.07, 6.45) is 1.29. The zero-order valence-corrected chi connectivity index (χ0v) is 8.84. The van der Waals surface area contributed by atoms with Gasteiger partial charge in [0.05, 0.1) is 6.61 Å². The second-order valence-electron chi connectivity index (χ2n) is 2.99. The highest BCUT2D eigenvalue weighted by Gasteiger charge is 2.18. The molecule has 0 amide bonds. The van der Waals surface area contributed by atoms with Crippen LogP contribution in [0.2, 0.25) is 0 Å². The van der Waals surface area contributed by atoms with Crippen LogP contribution in [-0.4, -0.2) is 23.7 Å². The van der Waals surface area contributed by atoms with Crippen LogP contribution in [0.4, 0.5) is 0 Å². The number of benzene rings is 1. The molecule has 0 saturated carbocycles. The quantitative estimate of drug-likeness (QED) is 0.363. The van der Waals surface area contributed by atoms with E-state index < -0.39 is 11.9 Å². The number of rotatable bonds is 4. The Morgan fingerprint density at radius 1 is 1.31 bits per heavy atom. The van der Waals surface area contributed by atoms with E-state index in [1.54, 1.807) is 31.2 Å². The van der Waals surface area contributed by atoms with Crippen molar-refractivity contribution in [3.05, 3.63) is 41.5 Å². The van der Waals surface area contributed by atoms with E-state index >= 15 is 0 Å². The van der Waals surface area contributed by atoms with Crippen LogP contribution < -0.4 is 0 Å². The Kier molecular flexibility index (Phi) is 4.27. The maximum Gasteiger partial charge on any atom is 0.345 e. The molecule has 0 atom stereocenters. The van der Waals surface area contributed by atoms with Crippen molar-refractivity contribution in [2.24, 2.45) is 0 Å². The van der Waals surface area contributed by atoms with E-state index in [1.165, 1.54) is 6.08 Å². The standard InChI is InChI=1S/C12H12O4/c1-2-16-12(15)10(11(13)14)8-9-6-4-3-5-7-9/h3-8H,2H2,1H3,(H,13,14)/b10-8+. The third-order valence-corrected chi connectivity index (χ3v) is 1.84. The minimum Gasteiger partial charge on any atom is -0.477 e. The normalized spacial score (nSPS) is 10.9. The van der Waals surface area contributed by atoms with Crippen molar-refractivity contribution in [2.45, 2.75) is 6.92 Å². The zero-order chi connectivity index (χ0) is 12.0. The fraction of sp³-hybridized carbons (Fsp3) is 0.167. The molecule has 16 heavy (non-hydrogen) atoms. The number of hydrogen-bond donors (Lipinski definition) is 1. The molecule has 1 N–H and O–H groups in total. The van der Waals surface area contributed by atoms with Crippen LogP contribution in [-0.2, 0) is 14.3 Å². The Balaban J connectivity index is 2.99. The summed E-state index contributed by atoms with van der Waals surface area (Å²) in [5.41, 5.74) is 0.279. The Morgan fingerprint density at radius 3 is 2.44 bits per heavy atom. The number of ether oxygens (including phenoxy) is 1. The molecule has 0 heterocycles. The Morgan fingerprint density at radius 2 is 1.94 bits per heavy atom. The van der Waals surface area contributed by atoms with Gasteiger partial charge >= 0.3 is 11.9 Å². The van der Waals surface area contributed by atoms with E-state index in [2.05, 4.69) is 4.74 Å². The van der Waals surface area contributed by atoms with Gasteiger partial charge in [-0.15, -0.1) is 0 Å². The van der Waals surface area contributed by atoms with E-state index in [-0.39, 0.29) is 12.2 Å². The summed E-state index contributed by atoms with van der Waals surface area (Å²) in [5.74, 6) is -2.11. The lowest BCUT2D eigenvalue weighted by molar-refractivity contribution is -0.143. The zero-order valence-electron chi connectivity index (χ0n) is 8.84. The van der Waals surface area contributed by atoms with Crippen molar-refractivity contribution >= 4 is 18.0 Å².